The second-order valence-electron chi connectivity index (χ2n) is 7.01. The van der Waals surface area contributed by atoms with E-state index in [9.17, 15) is 0 Å². The normalized spacial score (nSPS) is 11.0. The van der Waals surface area contributed by atoms with Gasteiger partial charge in [0, 0.05) is 12.1 Å². The number of rotatable bonds is 5. The smallest absolute Gasteiger partial charge is 0.161 e. The van der Waals surface area contributed by atoms with Gasteiger partial charge in [-0.25, -0.2) is 4.98 Å². The number of hydrogen-bond acceptors (Lipinski definition) is 3. The summed E-state index contributed by atoms with van der Waals surface area (Å²) in [5.74, 6) is 2.33. The molecule has 28 heavy (non-hydrogen) atoms. The highest BCUT2D eigenvalue weighted by Gasteiger charge is 2.16. The third-order valence-electron chi connectivity index (χ3n) is 5.13. The number of imidazole rings is 1. The average molecular weight is 372 g/mol. The second-order valence-corrected chi connectivity index (χ2v) is 7.01. The van der Waals surface area contributed by atoms with Gasteiger partial charge in [-0.2, -0.15) is 0 Å². The molecule has 4 rings (SSSR count). The van der Waals surface area contributed by atoms with Crippen LogP contribution in [0.25, 0.3) is 22.4 Å². The molecule has 0 saturated heterocycles. The Morgan fingerprint density at radius 3 is 2.43 bits per heavy atom. The summed E-state index contributed by atoms with van der Waals surface area (Å²) in [6.45, 7) is 5.05. The molecular formula is C24H24N2O2. The van der Waals surface area contributed by atoms with E-state index in [1.54, 1.807) is 14.2 Å². The molecule has 0 amide bonds. The van der Waals surface area contributed by atoms with Crippen LogP contribution < -0.4 is 9.47 Å². The molecule has 4 nitrogen and oxygen atoms in total. The summed E-state index contributed by atoms with van der Waals surface area (Å²) in [5, 5.41) is 0. The number of benzene rings is 3. The van der Waals surface area contributed by atoms with Crippen molar-refractivity contribution in [1.82, 2.24) is 9.55 Å². The van der Waals surface area contributed by atoms with Crippen molar-refractivity contribution >= 4 is 11.0 Å². The minimum atomic E-state index is 0.699. The first-order chi connectivity index (χ1) is 13.6. The molecule has 0 radical (unpaired) electrons. The molecule has 1 aromatic heterocycles. The fourth-order valence-corrected chi connectivity index (χ4v) is 3.57. The Morgan fingerprint density at radius 1 is 0.857 bits per heavy atom. The van der Waals surface area contributed by atoms with Crippen LogP contribution in [0.3, 0.4) is 0 Å². The summed E-state index contributed by atoms with van der Waals surface area (Å²) in [4.78, 5) is 4.93. The summed E-state index contributed by atoms with van der Waals surface area (Å²) in [6.07, 6.45) is 0. The molecule has 4 aromatic rings. The summed E-state index contributed by atoms with van der Waals surface area (Å²) in [6, 6.07) is 20.8. The van der Waals surface area contributed by atoms with E-state index in [4.69, 9.17) is 14.5 Å². The molecule has 0 aliphatic rings. The van der Waals surface area contributed by atoms with Gasteiger partial charge in [0.2, 0.25) is 0 Å². The Bertz CT molecular complexity index is 1140. The van der Waals surface area contributed by atoms with Crippen LogP contribution in [0.4, 0.5) is 0 Å². The van der Waals surface area contributed by atoms with Crippen LogP contribution >= 0.6 is 0 Å². The van der Waals surface area contributed by atoms with Gasteiger partial charge in [0.1, 0.15) is 5.82 Å². The minimum Gasteiger partial charge on any atom is -0.493 e. The third kappa shape index (κ3) is 3.22. The first-order valence-electron chi connectivity index (χ1n) is 9.34. The Balaban J connectivity index is 1.90. The first-order valence-corrected chi connectivity index (χ1v) is 9.34. The van der Waals surface area contributed by atoms with Crippen molar-refractivity contribution in [1.29, 1.82) is 0 Å². The molecule has 3 aromatic carbocycles. The lowest BCUT2D eigenvalue weighted by molar-refractivity contribution is 0.355. The van der Waals surface area contributed by atoms with Crippen LogP contribution in [0.5, 0.6) is 11.5 Å². The number of hydrogen-bond donors (Lipinski definition) is 0. The summed E-state index contributed by atoms with van der Waals surface area (Å²) < 4.78 is 13.2. The van der Waals surface area contributed by atoms with Gasteiger partial charge in [0.05, 0.1) is 25.3 Å². The molecule has 0 unspecified atom stereocenters. The zero-order valence-electron chi connectivity index (χ0n) is 16.7. The first kappa shape index (κ1) is 18.1. The van der Waals surface area contributed by atoms with E-state index in [1.165, 1.54) is 16.7 Å². The quantitative estimate of drug-likeness (QED) is 0.471. The maximum atomic E-state index is 5.50. The van der Waals surface area contributed by atoms with E-state index in [0.717, 1.165) is 29.0 Å². The molecule has 0 fully saturated rings. The molecule has 0 aliphatic carbocycles. The SMILES string of the molecule is COc1ccc(-c2nc3ccccc3n2Cc2cc(C)ccc2C)cc1OC. The van der Waals surface area contributed by atoms with Crippen molar-refractivity contribution in [3.05, 3.63) is 77.4 Å². The maximum absolute atomic E-state index is 5.50. The summed E-state index contributed by atoms with van der Waals surface area (Å²) >= 11 is 0. The van der Waals surface area contributed by atoms with E-state index >= 15 is 0 Å². The number of fused-ring (bicyclic) bond motifs is 1. The number of aryl methyl sites for hydroxylation is 2. The molecule has 1 heterocycles. The van der Waals surface area contributed by atoms with E-state index in [2.05, 4.69) is 54.8 Å². The van der Waals surface area contributed by atoms with Crippen molar-refractivity contribution < 1.29 is 9.47 Å². The van der Waals surface area contributed by atoms with Crippen molar-refractivity contribution in [3.63, 3.8) is 0 Å². The molecule has 0 bridgehead atoms. The number of ether oxygens (including phenoxy) is 2. The lowest BCUT2D eigenvalue weighted by Crippen LogP contribution is -2.04. The predicted molar refractivity (Wildman–Crippen MR) is 113 cm³/mol. The summed E-state index contributed by atoms with van der Waals surface area (Å²) in [5.41, 5.74) is 6.94. The van der Waals surface area contributed by atoms with Gasteiger partial charge in [-0.3, -0.25) is 0 Å². The zero-order valence-corrected chi connectivity index (χ0v) is 16.7. The van der Waals surface area contributed by atoms with Crippen molar-refractivity contribution in [2.24, 2.45) is 0 Å². The molecule has 0 spiro atoms. The second kappa shape index (κ2) is 7.39. The van der Waals surface area contributed by atoms with Gasteiger partial charge in [-0.05, 0) is 55.3 Å². The fourth-order valence-electron chi connectivity index (χ4n) is 3.57. The number of nitrogens with zero attached hydrogens (tertiary/aromatic N) is 2. The highest BCUT2D eigenvalue weighted by molar-refractivity contribution is 5.81. The molecule has 142 valence electrons. The fraction of sp³-hybridized carbons (Fsp3) is 0.208. The lowest BCUT2D eigenvalue weighted by Gasteiger charge is -2.14. The molecule has 4 heteroatoms. The van der Waals surface area contributed by atoms with E-state index in [-0.39, 0.29) is 0 Å². The molecule has 0 aliphatic heterocycles. The number of aromatic nitrogens is 2. The highest BCUT2D eigenvalue weighted by Crippen LogP contribution is 2.34. The van der Waals surface area contributed by atoms with Crippen molar-refractivity contribution in [2.75, 3.05) is 14.2 Å². The van der Waals surface area contributed by atoms with E-state index in [1.807, 2.05) is 24.3 Å². The number of methoxy groups -OCH3 is 2. The Kier molecular flexibility index (Phi) is 4.78. The minimum absolute atomic E-state index is 0.699. The lowest BCUT2D eigenvalue weighted by atomic mass is 10.1. The van der Waals surface area contributed by atoms with Crippen LogP contribution in [0, 0.1) is 13.8 Å². The monoisotopic (exact) mass is 372 g/mol. The van der Waals surface area contributed by atoms with Crippen LogP contribution in [-0.2, 0) is 6.54 Å². The third-order valence-corrected chi connectivity index (χ3v) is 5.13. The van der Waals surface area contributed by atoms with E-state index < -0.39 is 0 Å². The van der Waals surface area contributed by atoms with Gasteiger partial charge in [0.25, 0.3) is 0 Å². The summed E-state index contributed by atoms with van der Waals surface area (Å²) in [7, 11) is 3.30. The Labute approximate surface area is 165 Å². The van der Waals surface area contributed by atoms with Crippen LogP contribution in [0.15, 0.2) is 60.7 Å². The number of para-hydroxylation sites is 2. The standard InChI is InChI=1S/C24H24N2O2/c1-16-9-10-17(2)19(13-16)15-26-21-8-6-5-7-20(21)25-24(26)18-11-12-22(27-3)23(14-18)28-4/h5-14H,15H2,1-4H3. The average Bonchev–Trinajstić information content (AvgIpc) is 3.08. The molecular weight excluding hydrogens is 348 g/mol. The maximum Gasteiger partial charge on any atom is 0.161 e. The topological polar surface area (TPSA) is 36.3 Å². The van der Waals surface area contributed by atoms with Crippen molar-refractivity contribution in [3.8, 4) is 22.9 Å². The highest BCUT2D eigenvalue weighted by atomic mass is 16.5. The van der Waals surface area contributed by atoms with E-state index in [0.29, 0.717) is 11.5 Å². The van der Waals surface area contributed by atoms with Crippen LogP contribution in [-0.4, -0.2) is 23.8 Å². The largest absolute Gasteiger partial charge is 0.493 e. The van der Waals surface area contributed by atoms with Gasteiger partial charge >= 0.3 is 0 Å². The van der Waals surface area contributed by atoms with Crippen molar-refractivity contribution in [2.45, 2.75) is 20.4 Å². The molecule has 0 N–H and O–H groups in total. The van der Waals surface area contributed by atoms with Gasteiger partial charge in [-0.1, -0.05) is 35.9 Å². The van der Waals surface area contributed by atoms with Gasteiger partial charge < -0.3 is 14.0 Å². The zero-order chi connectivity index (χ0) is 19.7. The molecule has 0 saturated carbocycles. The van der Waals surface area contributed by atoms with Crippen LogP contribution in [0.1, 0.15) is 16.7 Å². The Morgan fingerprint density at radius 2 is 1.64 bits per heavy atom. The van der Waals surface area contributed by atoms with Crippen LogP contribution in [0.2, 0.25) is 0 Å². The Hall–Kier alpha value is -3.27. The predicted octanol–water partition coefficient (Wildman–Crippen LogP) is 5.39. The van der Waals surface area contributed by atoms with Gasteiger partial charge in [-0.15, -0.1) is 0 Å². The van der Waals surface area contributed by atoms with Gasteiger partial charge in [0.15, 0.2) is 11.5 Å². The molecule has 0 atom stereocenters.